The molecule has 4 saturated carbocycles. The molecule has 6 unspecified atom stereocenters. The normalized spacial score (nSPS) is 60.0. The second-order valence-corrected chi connectivity index (χ2v) is 9.56. The predicted molar refractivity (Wildman–Crippen MR) is 86.9 cm³/mol. The van der Waals surface area contributed by atoms with Crippen LogP contribution < -0.4 is 0 Å². The fourth-order valence-electron chi connectivity index (χ4n) is 7.62. The van der Waals surface area contributed by atoms with Crippen LogP contribution in [0.3, 0.4) is 0 Å². The minimum atomic E-state index is -0.00481. The van der Waals surface area contributed by atoms with Crippen LogP contribution in [0.1, 0.15) is 78.6 Å². The molecule has 0 radical (unpaired) electrons. The van der Waals surface area contributed by atoms with Crippen molar-refractivity contribution in [3.63, 3.8) is 0 Å². The van der Waals surface area contributed by atoms with Crippen molar-refractivity contribution in [1.82, 2.24) is 0 Å². The van der Waals surface area contributed by atoms with Gasteiger partial charge in [-0.2, -0.15) is 0 Å². The summed E-state index contributed by atoms with van der Waals surface area (Å²) in [5.41, 5.74) is 1.03. The van der Waals surface area contributed by atoms with Crippen molar-refractivity contribution in [2.24, 2.45) is 40.4 Å². The first-order valence-corrected chi connectivity index (χ1v) is 9.65. The summed E-state index contributed by atoms with van der Waals surface area (Å²) in [4.78, 5) is 0. The maximum atomic E-state index is 10.9. The number of fused-ring (bicyclic) bond motifs is 5. The van der Waals surface area contributed by atoms with Crippen molar-refractivity contribution in [3.05, 3.63) is 0 Å². The van der Waals surface area contributed by atoms with Gasteiger partial charge in [-0.3, -0.25) is 0 Å². The van der Waals surface area contributed by atoms with Crippen LogP contribution in [0, 0.1) is 40.4 Å². The van der Waals surface area contributed by atoms with Gasteiger partial charge < -0.3 is 5.11 Å². The van der Waals surface area contributed by atoms with Crippen molar-refractivity contribution in [2.45, 2.75) is 84.7 Å². The zero-order valence-electron chi connectivity index (χ0n) is 14.3. The van der Waals surface area contributed by atoms with Gasteiger partial charge in [0.15, 0.2) is 0 Å². The van der Waals surface area contributed by atoms with Gasteiger partial charge in [0.05, 0.1) is 6.10 Å². The quantitative estimate of drug-likeness (QED) is 0.663. The Bertz CT molecular complexity index is 418. The van der Waals surface area contributed by atoms with Gasteiger partial charge in [0.25, 0.3) is 0 Å². The van der Waals surface area contributed by atoms with E-state index in [0.29, 0.717) is 16.7 Å². The van der Waals surface area contributed by atoms with Crippen LogP contribution in [0.25, 0.3) is 0 Å². The lowest BCUT2D eigenvalue weighted by Crippen LogP contribution is -2.56. The van der Waals surface area contributed by atoms with Gasteiger partial charge in [-0.05, 0) is 85.4 Å². The van der Waals surface area contributed by atoms with Crippen LogP contribution in [0.15, 0.2) is 0 Å². The molecule has 0 heterocycles. The molecule has 1 heteroatoms. The van der Waals surface area contributed by atoms with E-state index in [1.165, 1.54) is 51.4 Å². The Balaban J connectivity index is 1.68. The van der Waals surface area contributed by atoms with Gasteiger partial charge in [-0.15, -0.1) is 0 Å². The van der Waals surface area contributed by atoms with Crippen molar-refractivity contribution in [2.75, 3.05) is 0 Å². The van der Waals surface area contributed by atoms with E-state index in [1.54, 1.807) is 0 Å². The Morgan fingerprint density at radius 3 is 2.38 bits per heavy atom. The molecule has 0 amide bonds. The zero-order chi connectivity index (χ0) is 14.8. The summed E-state index contributed by atoms with van der Waals surface area (Å²) in [6.07, 6.45) is 12.3. The maximum Gasteiger partial charge on any atom is 0.0576 e. The van der Waals surface area contributed by atoms with Crippen LogP contribution in [0.2, 0.25) is 0 Å². The van der Waals surface area contributed by atoms with Gasteiger partial charge in [-0.1, -0.05) is 33.6 Å². The number of hydrogen-bond acceptors (Lipinski definition) is 1. The standard InChI is InChI=1S/C20H34O/c1-13-7-8-15-14-12-18(21)17-6-4-5-10-20(17,3)16(14)9-11-19(13,15)2/h13-18,21H,4-12H2,1-3H3/t13?,14?,15?,16?,17?,18-,19?,20-/m1/s1. The Kier molecular flexibility index (Phi) is 3.27. The molecule has 1 nitrogen and oxygen atoms in total. The molecule has 21 heavy (non-hydrogen) atoms. The highest BCUT2D eigenvalue weighted by atomic mass is 16.3. The first-order valence-electron chi connectivity index (χ1n) is 9.65. The number of hydrogen-bond donors (Lipinski definition) is 1. The molecule has 4 rings (SSSR count). The molecule has 120 valence electrons. The first-order chi connectivity index (χ1) is 9.97. The monoisotopic (exact) mass is 290 g/mol. The second-order valence-electron chi connectivity index (χ2n) is 9.56. The molecule has 4 aliphatic rings. The molecule has 8 atom stereocenters. The number of rotatable bonds is 0. The lowest BCUT2D eigenvalue weighted by Gasteiger charge is -2.61. The van der Waals surface area contributed by atoms with Gasteiger partial charge in [0.2, 0.25) is 0 Å². The minimum Gasteiger partial charge on any atom is -0.393 e. The van der Waals surface area contributed by atoms with E-state index in [0.717, 1.165) is 30.1 Å². The summed E-state index contributed by atoms with van der Waals surface area (Å²) < 4.78 is 0. The van der Waals surface area contributed by atoms with Gasteiger partial charge in [-0.25, -0.2) is 0 Å². The summed E-state index contributed by atoms with van der Waals surface area (Å²) in [6, 6.07) is 0. The molecule has 0 spiro atoms. The molecule has 0 aromatic carbocycles. The summed E-state index contributed by atoms with van der Waals surface area (Å²) in [7, 11) is 0. The fourth-order valence-corrected chi connectivity index (χ4v) is 7.62. The molecule has 0 aliphatic heterocycles. The van der Waals surface area contributed by atoms with E-state index < -0.39 is 0 Å². The average molecular weight is 290 g/mol. The van der Waals surface area contributed by atoms with Crippen LogP contribution in [0.4, 0.5) is 0 Å². The van der Waals surface area contributed by atoms with E-state index >= 15 is 0 Å². The van der Waals surface area contributed by atoms with Crippen molar-refractivity contribution >= 4 is 0 Å². The minimum absolute atomic E-state index is 0.00481. The first kappa shape index (κ1) is 14.5. The van der Waals surface area contributed by atoms with Gasteiger partial charge >= 0.3 is 0 Å². The summed E-state index contributed by atoms with van der Waals surface area (Å²) in [5.74, 6) is 4.14. The van der Waals surface area contributed by atoms with Crippen LogP contribution in [0.5, 0.6) is 0 Å². The Morgan fingerprint density at radius 2 is 1.57 bits per heavy atom. The Morgan fingerprint density at radius 1 is 0.810 bits per heavy atom. The average Bonchev–Trinajstić information content (AvgIpc) is 2.75. The highest BCUT2D eigenvalue weighted by Gasteiger charge is 2.60. The third-order valence-corrected chi connectivity index (χ3v) is 9.06. The van der Waals surface area contributed by atoms with E-state index in [4.69, 9.17) is 0 Å². The number of aliphatic hydroxyl groups is 1. The molecule has 0 bridgehead atoms. The third kappa shape index (κ3) is 1.85. The molecule has 1 N–H and O–H groups in total. The van der Waals surface area contributed by atoms with Crippen molar-refractivity contribution in [1.29, 1.82) is 0 Å². The highest BCUT2D eigenvalue weighted by Crippen LogP contribution is 2.67. The summed E-state index contributed by atoms with van der Waals surface area (Å²) in [6.45, 7) is 7.62. The molecule has 4 fully saturated rings. The van der Waals surface area contributed by atoms with Crippen molar-refractivity contribution in [3.8, 4) is 0 Å². The molecule has 0 saturated heterocycles. The van der Waals surface area contributed by atoms with Crippen molar-refractivity contribution < 1.29 is 5.11 Å². The predicted octanol–water partition coefficient (Wildman–Crippen LogP) is 5.03. The zero-order valence-corrected chi connectivity index (χ0v) is 14.3. The lowest BCUT2D eigenvalue weighted by atomic mass is 9.44. The molecule has 0 aromatic rings. The lowest BCUT2D eigenvalue weighted by molar-refractivity contribution is -0.156. The topological polar surface area (TPSA) is 20.2 Å². The van der Waals surface area contributed by atoms with Crippen LogP contribution >= 0.6 is 0 Å². The van der Waals surface area contributed by atoms with Gasteiger partial charge in [0, 0.05) is 0 Å². The molecular formula is C20H34O. The smallest absolute Gasteiger partial charge is 0.0576 e. The summed E-state index contributed by atoms with van der Waals surface area (Å²) >= 11 is 0. The Labute approximate surface area is 130 Å². The fraction of sp³-hybridized carbons (Fsp3) is 1.00. The SMILES string of the molecule is CC1CCC2C3C[C@@H](O)C4CCCC[C@]4(C)C3CCC12C. The largest absolute Gasteiger partial charge is 0.393 e. The molecular weight excluding hydrogens is 256 g/mol. The number of aliphatic hydroxyl groups excluding tert-OH is 1. The van der Waals surface area contributed by atoms with E-state index in [9.17, 15) is 5.11 Å². The maximum absolute atomic E-state index is 10.9. The molecule has 4 aliphatic carbocycles. The third-order valence-electron chi connectivity index (χ3n) is 9.06. The van der Waals surface area contributed by atoms with Gasteiger partial charge in [0.1, 0.15) is 0 Å². The van der Waals surface area contributed by atoms with E-state index in [2.05, 4.69) is 20.8 Å². The van der Waals surface area contributed by atoms with Crippen LogP contribution in [-0.4, -0.2) is 11.2 Å². The summed E-state index contributed by atoms with van der Waals surface area (Å²) in [5, 5.41) is 10.9. The van der Waals surface area contributed by atoms with E-state index in [-0.39, 0.29) is 6.10 Å². The van der Waals surface area contributed by atoms with Crippen LogP contribution in [-0.2, 0) is 0 Å². The highest BCUT2D eigenvalue weighted by molar-refractivity contribution is 5.09. The van der Waals surface area contributed by atoms with E-state index in [1.807, 2.05) is 0 Å². The Hall–Kier alpha value is -0.0400. The second kappa shape index (κ2) is 4.73. The molecule has 0 aromatic heterocycles.